The van der Waals surface area contributed by atoms with Crippen LogP contribution in [0.1, 0.15) is 30.8 Å². The summed E-state index contributed by atoms with van der Waals surface area (Å²) in [6.45, 7) is 2.59. The highest BCUT2D eigenvalue weighted by molar-refractivity contribution is 5.31. The molecular weight excluding hydrogens is 345 g/mol. The number of benzene rings is 2. The van der Waals surface area contributed by atoms with Gasteiger partial charge in [0.25, 0.3) is 0 Å². The van der Waals surface area contributed by atoms with Crippen molar-refractivity contribution in [3.05, 3.63) is 65.0 Å². The van der Waals surface area contributed by atoms with Crippen LogP contribution in [-0.2, 0) is 15.9 Å². The summed E-state index contributed by atoms with van der Waals surface area (Å²) in [5, 5.41) is 0. The van der Waals surface area contributed by atoms with Crippen LogP contribution in [0.3, 0.4) is 0 Å². The van der Waals surface area contributed by atoms with Crippen molar-refractivity contribution in [3.63, 3.8) is 0 Å². The first-order valence-electron chi connectivity index (χ1n) is 8.66. The summed E-state index contributed by atoms with van der Waals surface area (Å²) in [4.78, 5) is 0. The summed E-state index contributed by atoms with van der Waals surface area (Å²) in [5.74, 6) is -2.32. The molecular formula is C20H21F3O3. The molecule has 0 unspecified atom stereocenters. The number of ether oxygens (including phenoxy) is 3. The van der Waals surface area contributed by atoms with Crippen molar-refractivity contribution < 1.29 is 27.4 Å². The molecule has 140 valence electrons. The number of hydrogen-bond donors (Lipinski definition) is 0. The maximum absolute atomic E-state index is 14.0. The van der Waals surface area contributed by atoms with E-state index in [1.807, 2.05) is 6.92 Å². The van der Waals surface area contributed by atoms with Crippen molar-refractivity contribution >= 4 is 0 Å². The van der Waals surface area contributed by atoms with Gasteiger partial charge in [-0.15, -0.1) is 0 Å². The van der Waals surface area contributed by atoms with E-state index in [2.05, 4.69) is 0 Å². The van der Waals surface area contributed by atoms with Gasteiger partial charge < -0.3 is 14.2 Å². The Morgan fingerprint density at radius 1 is 1.04 bits per heavy atom. The number of hydrogen-bond acceptors (Lipinski definition) is 3. The van der Waals surface area contributed by atoms with Crippen molar-refractivity contribution in [1.82, 2.24) is 0 Å². The summed E-state index contributed by atoms with van der Waals surface area (Å²) in [6, 6.07) is 8.60. The summed E-state index contributed by atoms with van der Waals surface area (Å²) < 4.78 is 57.8. The van der Waals surface area contributed by atoms with E-state index < -0.39 is 17.9 Å². The lowest BCUT2D eigenvalue weighted by molar-refractivity contribution is -0.208. The zero-order valence-corrected chi connectivity index (χ0v) is 14.5. The molecule has 1 saturated heterocycles. The third-order valence-corrected chi connectivity index (χ3v) is 4.15. The van der Waals surface area contributed by atoms with Crippen molar-refractivity contribution in [2.45, 2.75) is 26.1 Å². The monoisotopic (exact) mass is 366 g/mol. The molecule has 0 aliphatic carbocycles. The van der Waals surface area contributed by atoms with Gasteiger partial charge in [0.05, 0.1) is 19.8 Å². The van der Waals surface area contributed by atoms with Gasteiger partial charge in [0.15, 0.2) is 23.7 Å². The lowest BCUT2D eigenvalue weighted by atomic mass is 10.1. The maximum atomic E-state index is 14.0. The molecule has 0 saturated carbocycles. The molecule has 6 heteroatoms. The maximum Gasteiger partial charge on any atom is 0.190 e. The standard InChI is InChI=1S/C20H21F3O3/c1-2-4-13-7-17(22)19(18(23)8-13)24-10-14-11-25-20(26-12-14)15-5-3-6-16(21)9-15/h3,5-9,14,20H,2,4,10-12H2,1H3/t14-,20-. The number of halogens is 3. The van der Waals surface area contributed by atoms with Crippen LogP contribution >= 0.6 is 0 Å². The molecule has 0 bridgehead atoms. The van der Waals surface area contributed by atoms with Gasteiger partial charge in [0, 0.05) is 11.5 Å². The van der Waals surface area contributed by atoms with E-state index in [-0.39, 0.29) is 24.1 Å². The highest BCUT2D eigenvalue weighted by atomic mass is 19.1. The fourth-order valence-corrected chi connectivity index (χ4v) is 2.87. The largest absolute Gasteiger partial charge is 0.487 e. The molecule has 2 aromatic rings. The molecule has 0 aromatic heterocycles. The first kappa shape index (κ1) is 18.7. The fourth-order valence-electron chi connectivity index (χ4n) is 2.87. The molecule has 3 nitrogen and oxygen atoms in total. The minimum Gasteiger partial charge on any atom is -0.487 e. The minimum absolute atomic E-state index is 0.0663. The molecule has 0 radical (unpaired) electrons. The summed E-state index contributed by atoms with van der Waals surface area (Å²) in [5.41, 5.74) is 1.20. The van der Waals surface area contributed by atoms with Gasteiger partial charge in [-0.05, 0) is 36.2 Å². The average molecular weight is 366 g/mol. The second-order valence-corrected chi connectivity index (χ2v) is 6.37. The summed E-state index contributed by atoms with van der Waals surface area (Å²) in [7, 11) is 0. The summed E-state index contributed by atoms with van der Waals surface area (Å²) >= 11 is 0. The van der Waals surface area contributed by atoms with E-state index in [1.54, 1.807) is 12.1 Å². The van der Waals surface area contributed by atoms with Crippen LogP contribution < -0.4 is 4.74 Å². The van der Waals surface area contributed by atoms with Crippen LogP contribution in [0.15, 0.2) is 36.4 Å². The predicted molar refractivity (Wildman–Crippen MR) is 90.4 cm³/mol. The smallest absolute Gasteiger partial charge is 0.190 e. The highest BCUT2D eigenvalue weighted by Gasteiger charge is 2.25. The molecule has 1 fully saturated rings. The fraction of sp³-hybridized carbons (Fsp3) is 0.400. The lowest BCUT2D eigenvalue weighted by Gasteiger charge is -2.29. The van der Waals surface area contributed by atoms with E-state index in [0.717, 1.165) is 6.42 Å². The molecule has 1 aliphatic heterocycles. The molecule has 2 aromatic carbocycles. The third kappa shape index (κ3) is 4.56. The number of rotatable bonds is 6. The molecule has 0 amide bonds. The Morgan fingerprint density at radius 3 is 2.35 bits per heavy atom. The average Bonchev–Trinajstić information content (AvgIpc) is 2.62. The first-order chi connectivity index (χ1) is 12.6. The Labute approximate surface area is 150 Å². The van der Waals surface area contributed by atoms with E-state index >= 15 is 0 Å². The van der Waals surface area contributed by atoms with E-state index in [9.17, 15) is 13.2 Å². The first-order valence-corrected chi connectivity index (χ1v) is 8.66. The Kier molecular flexibility index (Phi) is 6.16. The van der Waals surface area contributed by atoms with Crippen LogP contribution in [0.2, 0.25) is 0 Å². The summed E-state index contributed by atoms with van der Waals surface area (Å²) in [6.07, 6.45) is 0.770. The van der Waals surface area contributed by atoms with Gasteiger partial charge >= 0.3 is 0 Å². The van der Waals surface area contributed by atoms with E-state index in [4.69, 9.17) is 14.2 Å². The van der Waals surface area contributed by atoms with Crippen molar-refractivity contribution in [1.29, 1.82) is 0 Å². The Morgan fingerprint density at radius 2 is 1.73 bits per heavy atom. The Balaban J connectivity index is 1.54. The quantitative estimate of drug-likeness (QED) is 0.735. The molecule has 1 aliphatic rings. The van der Waals surface area contributed by atoms with Gasteiger partial charge in [-0.1, -0.05) is 25.5 Å². The van der Waals surface area contributed by atoms with E-state index in [0.29, 0.717) is 30.8 Å². The van der Waals surface area contributed by atoms with Crippen LogP contribution in [0.5, 0.6) is 5.75 Å². The predicted octanol–water partition coefficient (Wildman–Crippen LogP) is 4.80. The lowest BCUT2D eigenvalue weighted by Crippen LogP contribution is -2.31. The van der Waals surface area contributed by atoms with Crippen molar-refractivity contribution in [3.8, 4) is 5.75 Å². The zero-order valence-electron chi connectivity index (χ0n) is 14.5. The molecule has 3 rings (SSSR count). The van der Waals surface area contributed by atoms with Crippen LogP contribution in [0, 0.1) is 23.4 Å². The Hall–Kier alpha value is -2.05. The Bertz CT molecular complexity index is 720. The number of aryl methyl sites for hydroxylation is 1. The second kappa shape index (κ2) is 8.56. The van der Waals surface area contributed by atoms with Gasteiger partial charge in [-0.25, -0.2) is 13.2 Å². The van der Waals surface area contributed by atoms with Crippen LogP contribution in [0.4, 0.5) is 13.2 Å². The minimum atomic E-state index is -0.705. The topological polar surface area (TPSA) is 27.7 Å². The normalized spacial score (nSPS) is 20.2. The van der Waals surface area contributed by atoms with Gasteiger partial charge in [0.2, 0.25) is 0 Å². The molecule has 0 N–H and O–H groups in total. The van der Waals surface area contributed by atoms with Crippen LogP contribution in [-0.4, -0.2) is 19.8 Å². The molecule has 0 atom stereocenters. The van der Waals surface area contributed by atoms with Gasteiger partial charge in [0.1, 0.15) is 5.82 Å². The van der Waals surface area contributed by atoms with E-state index in [1.165, 1.54) is 24.3 Å². The van der Waals surface area contributed by atoms with Gasteiger partial charge in [-0.2, -0.15) is 0 Å². The van der Waals surface area contributed by atoms with Crippen LogP contribution in [0.25, 0.3) is 0 Å². The highest BCUT2D eigenvalue weighted by Crippen LogP contribution is 2.28. The van der Waals surface area contributed by atoms with Gasteiger partial charge in [-0.3, -0.25) is 0 Å². The SMILES string of the molecule is CCCc1cc(F)c(OC[C@H]2CO[C@H](c3cccc(F)c3)OC2)c(F)c1. The zero-order chi connectivity index (χ0) is 18.5. The molecule has 0 spiro atoms. The van der Waals surface area contributed by atoms with Crippen molar-refractivity contribution in [2.24, 2.45) is 5.92 Å². The molecule has 26 heavy (non-hydrogen) atoms. The second-order valence-electron chi connectivity index (χ2n) is 6.37. The van der Waals surface area contributed by atoms with Crippen molar-refractivity contribution in [2.75, 3.05) is 19.8 Å². The third-order valence-electron chi connectivity index (χ3n) is 4.15. The molecule has 1 heterocycles.